The van der Waals surface area contributed by atoms with E-state index in [4.69, 9.17) is 9.63 Å². The van der Waals surface area contributed by atoms with Crippen molar-refractivity contribution in [3.8, 4) is 0 Å². The number of hydrogen-bond acceptors (Lipinski definition) is 4. The van der Waals surface area contributed by atoms with Crippen LogP contribution in [0.25, 0.3) is 11.0 Å². The first-order chi connectivity index (χ1) is 5.83. The number of fused-ring (bicyclic) bond motifs is 1. The molecule has 0 unspecified atom stereocenters. The fourth-order valence-electron chi connectivity index (χ4n) is 1.16. The van der Waals surface area contributed by atoms with Gasteiger partial charge in [0.1, 0.15) is 0 Å². The van der Waals surface area contributed by atoms with Gasteiger partial charge in [0.05, 0.1) is 23.9 Å². The second kappa shape index (κ2) is 2.57. The molecule has 0 radical (unpaired) electrons. The predicted octanol–water partition coefficient (Wildman–Crippen LogP) is 1.02. The maximum atomic E-state index is 8.94. The molecule has 0 aromatic carbocycles. The molecule has 0 amide bonds. The van der Waals surface area contributed by atoms with E-state index in [-0.39, 0.29) is 6.61 Å². The molecule has 0 bridgehead atoms. The van der Waals surface area contributed by atoms with Crippen LogP contribution in [0.1, 0.15) is 11.3 Å². The van der Waals surface area contributed by atoms with Gasteiger partial charge in [0.15, 0.2) is 5.58 Å². The topological polar surface area (TPSA) is 59.2 Å². The molecule has 0 saturated heterocycles. The summed E-state index contributed by atoms with van der Waals surface area (Å²) in [6.07, 6.45) is 3.23. The lowest BCUT2D eigenvalue weighted by molar-refractivity contribution is 0.283. The highest BCUT2D eigenvalue weighted by atomic mass is 16.5. The third kappa shape index (κ3) is 0.887. The summed E-state index contributed by atoms with van der Waals surface area (Å²) in [7, 11) is 0. The highest BCUT2D eigenvalue weighted by molar-refractivity contribution is 5.80. The van der Waals surface area contributed by atoms with Crippen LogP contribution in [0.15, 0.2) is 16.9 Å². The van der Waals surface area contributed by atoms with Crippen LogP contribution in [0, 0.1) is 6.92 Å². The number of rotatable bonds is 1. The number of aliphatic hydroxyl groups excluding tert-OH is 1. The van der Waals surface area contributed by atoms with Crippen LogP contribution in [0.5, 0.6) is 0 Å². The Bertz CT molecular complexity index is 408. The first kappa shape index (κ1) is 7.24. The molecular weight excluding hydrogens is 156 g/mol. The third-order valence-corrected chi connectivity index (χ3v) is 1.83. The fourth-order valence-corrected chi connectivity index (χ4v) is 1.16. The van der Waals surface area contributed by atoms with Crippen LogP contribution >= 0.6 is 0 Å². The molecule has 2 aromatic heterocycles. The molecule has 2 aromatic rings. The highest BCUT2D eigenvalue weighted by Crippen LogP contribution is 2.19. The van der Waals surface area contributed by atoms with Crippen LogP contribution in [0.4, 0.5) is 0 Å². The number of pyridine rings is 1. The maximum absolute atomic E-state index is 8.94. The Kier molecular flexibility index (Phi) is 1.55. The molecule has 4 nitrogen and oxygen atoms in total. The summed E-state index contributed by atoms with van der Waals surface area (Å²) < 4.78 is 4.97. The molecule has 4 heteroatoms. The number of nitrogens with zero attached hydrogens (tertiary/aromatic N) is 2. The Morgan fingerprint density at radius 3 is 3.08 bits per heavy atom. The van der Waals surface area contributed by atoms with Crippen molar-refractivity contribution < 1.29 is 9.63 Å². The fraction of sp³-hybridized carbons (Fsp3) is 0.250. The van der Waals surface area contributed by atoms with Crippen molar-refractivity contribution in [3.63, 3.8) is 0 Å². The molecule has 2 rings (SSSR count). The van der Waals surface area contributed by atoms with E-state index in [9.17, 15) is 0 Å². The number of aryl methyl sites for hydroxylation is 1. The van der Waals surface area contributed by atoms with Gasteiger partial charge in [0.25, 0.3) is 0 Å². The molecule has 0 aliphatic carbocycles. The van der Waals surface area contributed by atoms with Gasteiger partial charge in [0.2, 0.25) is 0 Å². The Balaban J connectivity index is 2.82. The quantitative estimate of drug-likeness (QED) is 0.683. The Hall–Kier alpha value is -1.42. The summed E-state index contributed by atoms with van der Waals surface area (Å²) in [5.41, 5.74) is 2.19. The summed E-state index contributed by atoms with van der Waals surface area (Å²) in [5, 5.41) is 13.4. The summed E-state index contributed by atoms with van der Waals surface area (Å²) in [6.45, 7) is 1.81. The molecule has 0 atom stereocenters. The van der Waals surface area contributed by atoms with Crippen LogP contribution in [0.2, 0.25) is 0 Å². The van der Waals surface area contributed by atoms with Crippen molar-refractivity contribution in [2.45, 2.75) is 13.5 Å². The van der Waals surface area contributed by atoms with Gasteiger partial charge in [-0.2, -0.15) is 0 Å². The molecule has 0 saturated carbocycles. The predicted molar refractivity (Wildman–Crippen MR) is 42.5 cm³/mol. The molecule has 62 valence electrons. The second-order valence-corrected chi connectivity index (χ2v) is 2.60. The highest BCUT2D eigenvalue weighted by Gasteiger charge is 2.07. The van der Waals surface area contributed by atoms with E-state index in [1.54, 1.807) is 12.4 Å². The first-order valence-electron chi connectivity index (χ1n) is 3.62. The zero-order valence-corrected chi connectivity index (χ0v) is 6.61. The lowest BCUT2D eigenvalue weighted by atomic mass is 10.2. The van der Waals surface area contributed by atoms with Crippen molar-refractivity contribution in [1.29, 1.82) is 0 Å². The van der Waals surface area contributed by atoms with Crippen LogP contribution in [-0.4, -0.2) is 15.2 Å². The standard InChI is InChI=1S/C8H8N2O2/c1-5-8-7(3-10-12-8)6(4-11)2-9-5/h2-3,11H,4H2,1H3. The molecule has 0 aliphatic heterocycles. The van der Waals surface area contributed by atoms with Crippen LogP contribution in [0.3, 0.4) is 0 Å². The minimum absolute atomic E-state index is 0.0367. The van der Waals surface area contributed by atoms with Crippen LogP contribution in [-0.2, 0) is 6.61 Å². The number of aliphatic hydroxyl groups is 1. The van der Waals surface area contributed by atoms with Gasteiger partial charge in [-0.05, 0) is 6.92 Å². The largest absolute Gasteiger partial charge is 0.392 e. The van der Waals surface area contributed by atoms with Crippen molar-refractivity contribution in [2.75, 3.05) is 0 Å². The minimum Gasteiger partial charge on any atom is -0.392 e. The van der Waals surface area contributed by atoms with E-state index in [1.807, 2.05) is 6.92 Å². The van der Waals surface area contributed by atoms with Gasteiger partial charge in [-0.1, -0.05) is 5.16 Å². The molecule has 1 N–H and O–H groups in total. The van der Waals surface area contributed by atoms with Crippen molar-refractivity contribution in [2.24, 2.45) is 0 Å². The first-order valence-corrected chi connectivity index (χ1v) is 3.62. The van der Waals surface area contributed by atoms with Crippen LogP contribution < -0.4 is 0 Å². The van der Waals surface area contributed by atoms with E-state index in [0.717, 1.165) is 16.6 Å². The van der Waals surface area contributed by atoms with Gasteiger partial charge in [-0.25, -0.2) is 0 Å². The molecule has 0 spiro atoms. The van der Waals surface area contributed by atoms with E-state index in [2.05, 4.69) is 10.1 Å². The molecule has 12 heavy (non-hydrogen) atoms. The zero-order chi connectivity index (χ0) is 8.55. The Morgan fingerprint density at radius 2 is 2.33 bits per heavy atom. The summed E-state index contributed by atoms with van der Waals surface area (Å²) in [4.78, 5) is 4.06. The van der Waals surface area contributed by atoms with E-state index >= 15 is 0 Å². The van der Waals surface area contributed by atoms with Gasteiger partial charge in [0, 0.05) is 11.8 Å². The van der Waals surface area contributed by atoms with Gasteiger partial charge >= 0.3 is 0 Å². The molecule has 0 aliphatic rings. The van der Waals surface area contributed by atoms with Crippen molar-refractivity contribution >= 4 is 11.0 Å². The zero-order valence-electron chi connectivity index (χ0n) is 6.61. The SMILES string of the molecule is Cc1ncc(CO)c2cnoc12. The van der Waals surface area contributed by atoms with E-state index in [1.165, 1.54) is 0 Å². The summed E-state index contributed by atoms with van der Waals surface area (Å²) in [6, 6.07) is 0. The Labute approximate surface area is 68.8 Å². The van der Waals surface area contributed by atoms with Gasteiger partial charge < -0.3 is 9.63 Å². The lowest BCUT2D eigenvalue weighted by Gasteiger charge is -1.97. The maximum Gasteiger partial charge on any atom is 0.188 e. The van der Waals surface area contributed by atoms with Gasteiger partial charge in [-0.3, -0.25) is 4.98 Å². The average molecular weight is 164 g/mol. The number of hydrogen-bond donors (Lipinski definition) is 1. The average Bonchev–Trinajstić information content (AvgIpc) is 2.54. The van der Waals surface area contributed by atoms with E-state index < -0.39 is 0 Å². The van der Waals surface area contributed by atoms with E-state index in [0.29, 0.717) is 5.58 Å². The monoisotopic (exact) mass is 164 g/mol. The third-order valence-electron chi connectivity index (χ3n) is 1.83. The normalized spacial score (nSPS) is 10.8. The van der Waals surface area contributed by atoms with Gasteiger partial charge in [-0.15, -0.1) is 0 Å². The lowest BCUT2D eigenvalue weighted by Crippen LogP contribution is -1.88. The Morgan fingerprint density at radius 1 is 1.50 bits per heavy atom. The number of aromatic nitrogens is 2. The molecule has 0 fully saturated rings. The summed E-state index contributed by atoms with van der Waals surface area (Å²) in [5.74, 6) is 0. The van der Waals surface area contributed by atoms with Crippen molar-refractivity contribution in [3.05, 3.63) is 23.7 Å². The molecule has 2 heterocycles. The smallest absolute Gasteiger partial charge is 0.188 e. The second-order valence-electron chi connectivity index (χ2n) is 2.60. The molecular formula is C8H8N2O2. The minimum atomic E-state index is -0.0367. The van der Waals surface area contributed by atoms with Crippen molar-refractivity contribution in [1.82, 2.24) is 10.1 Å². The summed E-state index contributed by atoms with van der Waals surface area (Å²) >= 11 is 0.